The molecule has 1 aromatic carbocycles. The van der Waals surface area contributed by atoms with Gasteiger partial charge in [-0.1, -0.05) is 18.2 Å². The smallest absolute Gasteiger partial charge is 0.227 e. The summed E-state index contributed by atoms with van der Waals surface area (Å²) in [5.41, 5.74) is 0.461. The largest absolute Gasteiger partial charge is 0.468 e. The quantitative estimate of drug-likeness (QED) is 0.870. The molecule has 5 heteroatoms. The zero-order valence-corrected chi connectivity index (χ0v) is 13.2. The Labute approximate surface area is 135 Å². The molecule has 0 N–H and O–H groups in total. The van der Waals surface area contributed by atoms with Gasteiger partial charge in [0.25, 0.3) is 0 Å². The maximum absolute atomic E-state index is 13.7. The van der Waals surface area contributed by atoms with E-state index in [2.05, 4.69) is 4.90 Å². The number of hydrogen-bond acceptors (Lipinski definition) is 3. The summed E-state index contributed by atoms with van der Waals surface area (Å²) in [6, 6.07) is 10.4. The van der Waals surface area contributed by atoms with E-state index in [4.69, 9.17) is 4.42 Å². The maximum Gasteiger partial charge on any atom is 0.227 e. The number of hydrogen-bond donors (Lipinski definition) is 0. The normalized spacial score (nSPS) is 19.0. The molecule has 1 atom stereocenters. The Kier molecular flexibility index (Phi) is 4.76. The van der Waals surface area contributed by atoms with E-state index in [0.29, 0.717) is 12.1 Å². The molecule has 0 aliphatic carbocycles. The molecule has 1 fully saturated rings. The summed E-state index contributed by atoms with van der Waals surface area (Å²) in [7, 11) is 0. The third kappa shape index (κ3) is 3.79. The third-order valence-electron chi connectivity index (χ3n) is 4.29. The van der Waals surface area contributed by atoms with Crippen molar-refractivity contribution in [2.75, 3.05) is 19.6 Å². The molecule has 2 aromatic rings. The Bertz CT molecular complexity index is 657. The summed E-state index contributed by atoms with van der Waals surface area (Å²) in [6.07, 6.45) is 1.79. The van der Waals surface area contributed by atoms with Crippen LogP contribution in [0.25, 0.3) is 0 Å². The van der Waals surface area contributed by atoms with Crippen LogP contribution in [0.3, 0.4) is 0 Å². The summed E-state index contributed by atoms with van der Waals surface area (Å²) in [5.74, 6) is 0.605. The molecule has 122 valence electrons. The number of amides is 1. The molecule has 4 nitrogen and oxygen atoms in total. The van der Waals surface area contributed by atoms with Crippen molar-refractivity contribution in [2.24, 2.45) is 0 Å². The first-order valence-electron chi connectivity index (χ1n) is 7.91. The Morgan fingerprint density at radius 3 is 2.78 bits per heavy atom. The van der Waals surface area contributed by atoms with Crippen LogP contribution in [0.1, 0.15) is 18.2 Å². The van der Waals surface area contributed by atoms with Gasteiger partial charge in [-0.2, -0.15) is 0 Å². The molecule has 0 radical (unpaired) electrons. The van der Waals surface area contributed by atoms with Gasteiger partial charge in [0, 0.05) is 25.7 Å². The van der Waals surface area contributed by atoms with Crippen molar-refractivity contribution in [1.29, 1.82) is 0 Å². The highest BCUT2D eigenvalue weighted by Gasteiger charge is 2.28. The SMILES string of the molecule is C[C@@H]1CN(Cc2ccco2)CCN1C(=O)Cc1ccccc1F. The fourth-order valence-corrected chi connectivity index (χ4v) is 3.08. The topological polar surface area (TPSA) is 36.7 Å². The number of furan rings is 1. The third-order valence-corrected chi connectivity index (χ3v) is 4.29. The molecule has 0 unspecified atom stereocenters. The van der Waals surface area contributed by atoms with Crippen molar-refractivity contribution in [3.05, 3.63) is 59.8 Å². The van der Waals surface area contributed by atoms with Gasteiger partial charge in [-0.15, -0.1) is 0 Å². The summed E-state index contributed by atoms with van der Waals surface area (Å²) in [4.78, 5) is 16.6. The van der Waals surface area contributed by atoms with E-state index in [1.54, 1.807) is 24.5 Å². The first-order valence-corrected chi connectivity index (χ1v) is 7.91. The molecule has 0 saturated carbocycles. The number of rotatable bonds is 4. The highest BCUT2D eigenvalue weighted by atomic mass is 19.1. The Balaban J connectivity index is 1.57. The Morgan fingerprint density at radius 1 is 1.26 bits per heavy atom. The van der Waals surface area contributed by atoms with Gasteiger partial charge in [0.2, 0.25) is 5.91 Å². The average molecular weight is 316 g/mol. The standard InChI is InChI=1S/C18H21FN2O2/c1-14-12-20(13-16-6-4-10-23-16)8-9-21(14)18(22)11-15-5-2-3-7-17(15)19/h2-7,10,14H,8-9,11-13H2,1H3/t14-/m1/s1. The lowest BCUT2D eigenvalue weighted by atomic mass is 10.1. The summed E-state index contributed by atoms with van der Waals surface area (Å²) < 4.78 is 19.1. The lowest BCUT2D eigenvalue weighted by Crippen LogP contribution is -2.54. The molecule has 0 bridgehead atoms. The fourth-order valence-electron chi connectivity index (χ4n) is 3.08. The Morgan fingerprint density at radius 2 is 2.09 bits per heavy atom. The monoisotopic (exact) mass is 316 g/mol. The van der Waals surface area contributed by atoms with Gasteiger partial charge in [-0.25, -0.2) is 4.39 Å². The number of piperazine rings is 1. The van der Waals surface area contributed by atoms with Crippen LogP contribution < -0.4 is 0 Å². The van der Waals surface area contributed by atoms with Crippen LogP contribution in [-0.4, -0.2) is 41.4 Å². The van der Waals surface area contributed by atoms with Crippen molar-refractivity contribution in [3.8, 4) is 0 Å². The van der Waals surface area contributed by atoms with Gasteiger partial charge in [0.15, 0.2) is 0 Å². The van der Waals surface area contributed by atoms with Crippen LogP contribution in [0.15, 0.2) is 47.1 Å². The van der Waals surface area contributed by atoms with Crippen molar-refractivity contribution >= 4 is 5.91 Å². The lowest BCUT2D eigenvalue weighted by molar-refractivity contribution is -0.135. The van der Waals surface area contributed by atoms with E-state index in [9.17, 15) is 9.18 Å². The van der Waals surface area contributed by atoms with Crippen LogP contribution in [0.5, 0.6) is 0 Å². The summed E-state index contributed by atoms with van der Waals surface area (Å²) >= 11 is 0. The lowest BCUT2D eigenvalue weighted by Gasteiger charge is -2.39. The second-order valence-corrected chi connectivity index (χ2v) is 6.02. The molecule has 3 rings (SSSR count). The van der Waals surface area contributed by atoms with Crippen LogP contribution >= 0.6 is 0 Å². The van der Waals surface area contributed by atoms with Crippen molar-refractivity contribution in [3.63, 3.8) is 0 Å². The number of carbonyl (C=O) groups excluding carboxylic acids is 1. The minimum Gasteiger partial charge on any atom is -0.468 e. The summed E-state index contributed by atoms with van der Waals surface area (Å²) in [5, 5.41) is 0. The molecule has 23 heavy (non-hydrogen) atoms. The highest BCUT2D eigenvalue weighted by molar-refractivity contribution is 5.79. The van der Waals surface area contributed by atoms with Gasteiger partial charge >= 0.3 is 0 Å². The van der Waals surface area contributed by atoms with Gasteiger partial charge < -0.3 is 9.32 Å². The van der Waals surface area contributed by atoms with E-state index < -0.39 is 0 Å². The molecule has 1 saturated heterocycles. The van der Waals surface area contributed by atoms with Crippen LogP contribution in [0.2, 0.25) is 0 Å². The molecule has 0 spiro atoms. The van der Waals surface area contributed by atoms with Gasteiger partial charge in [-0.05, 0) is 30.7 Å². The zero-order valence-electron chi connectivity index (χ0n) is 13.2. The predicted octanol–water partition coefficient (Wildman–Crippen LogP) is 2.69. The van der Waals surface area contributed by atoms with Crippen molar-refractivity contribution < 1.29 is 13.6 Å². The number of carbonyl (C=O) groups is 1. The summed E-state index contributed by atoms with van der Waals surface area (Å²) in [6.45, 7) is 5.05. The number of benzene rings is 1. The van der Waals surface area contributed by atoms with E-state index in [-0.39, 0.29) is 24.2 Å². The minimum absolute atomic E-state index is 0.0137. The predicted molar refractivity (Wildman–Crippen MR) is 85.3 cm³/mol. The minimum atomic E-state index is -0.315. The molecule has 1 amide bonds. The van der Waals surface area contributed by atoms with E-state index in [1.807, 2.05) is 24.0 Å². The van der Waals surface area contributed by atoms with Crippen molar-refractivity contribution in [1.82, 2.24) is 9.80 Å². The highest BCUT2D eigenvalue weighted by Crippen LogP contribution is 2.16. The average Bonchev–Trinajstić information content (AvgIpc) is 3.02. The molecule has 1 aliphatic heterocycles. The van der Waals surface area contributed by atoms with E-state index >= 15 is 0 Å². The van der Waals surface area contributed by atoms with Gasteiger partial charge in [0.05, 0.1) is 19.2 Å². The van der Waals surface area contributed by atoms with Crippen LogP contribution in [0, 0.1) is 5.82 Å². The van der Waals surface area contributed by atoms with Crippen molar-refractivity contribution in [2.45, 2.75) is 25.9 Å². The second-order valence-electron chi connectivity index (χ2n) is 6.02. The molecule has 1 aliphatic rings. The zero-order chi connectivity index (χ0) is 16.2. The van der Waals surface area contributed by atoms with Crippen LogP contribution in [0.4, 0.5) is 4.39 Å². The van der Waals surface area contributed by atoms with E-state index in [0.717, 1.165) is 25.4 Å². The molecular weight excluding hydrogens is 295 g/mol. The number of nitrogens with zero attached hydrogens (tertiary/aromatic N) is 2. The fraction of sp³-hybridized carbons (Fsp3) is 0.389. The molecular formula is C18H21FN2O2. The first kappa shape index (κ1) is 15.7. The van der Waals surface area contributed by atoms with Crippen LogP contribution in [-0.2, 0) is 17.8 Å². The molecule has 1 aromatic heterocycles. The van der Waals surface area contributed by atoms with Gasteiger partial charge in [0.1, 0.15) is 11.6 Å². The number of halogens is 1. The van der Waals surface area contributed by atoms with E-state index in [1.165, 1.54) is 6.07 Å². The first-order chi connectivity index (χ1) is 11.1. The Hall–Kier alpha value is -2.14. The maximum atomic E-state index is 13.7. The molecule has 2 heterocycles. The van der Waals surface area contributed by atoms with Gasteiger partial charge in [-0.3, -0.25) is 9.69 Å². The second kappa shape index (κ2) is 6.96.